The Bertz CT molecular complexity index is 283. The zero-order valence-electron chi connectivity index (χ0n) is 8.74. The first-order valence-electron chi connectivity index (χ1n) is 4.43. The van der Waals surface area contributed by atoms with Gasteiger partial charge >= 0.3 is 0 Å². The molecule has 1 fully saturated rings. The third kappa shape index (κ3) is 2.21. The van der Waals surface area contributed by atoms with E-state index >= 15 is 0 Å². The Balaban J connectivity index is 2.78. The lowest BCUT2D eigenvalue weighted by molar-refractivity contribution is 0.361. The van der Waals surface area contributed by atoms with Crippen molar-refractivity contribution in [3.8, 4) is 0 Å². The van der Waals surface area contributed by atoms with E-state index in [-0.39, 0.29) is 5.41 Å². The van der Waals surface area contributed by atoms with E-state index in [2.05, 4.69) is 13.8 Å². The molecule has 0 aromatic heterocycles. The van der Waals surface area contributed by atoms with E-state index in [1.807, 2.05) is 0 Å². The minimum absolute atomic E-state index is 0.128. The molecule has 1 aliphatic rings. The molecule has 0 aromatic rings. The normalized spacial score (nSPS) is 24.1. The molecule has 0 aliphatic carbocycles. The summed E-state index contributed by atoms with van der Waals surface area (Å²) < 4.78 is 26.2. The minimum Gasteiger partial charge on any atom is -0.195 e. The van der Waals surface area contributed by atoms with Crippen LogP contribution in [0.25, 0.3) is 0 Å². The molecule has 1 saturated heterocycles. The average Bonchev–Trinajstić information content (AvgIpc) is 2.30. The van der Waals surface area contributed by atoms with Gasteiger partial charge in [0.15, 0.2) is 0 Å². The summed E-state index contributed by atoms with van der Waals surface area (Å²) in [7, 11) is -0.0408. The first-order valence-corrected chi connectivity index (χ1v) is 5.83. The van der Waals surface area contributed by atoms with Crippen LogP contribution in [0.4, 0.5) is 0 Å². The van der Waals surface area contributed by atoms with Crippen LogP contribution in [0.5, 0.6) is 0 Å². The monoisotopic (exact) mass is 206 g/mol. The summed E-state index contributed by atoms with van der Waals surface area (Å²) in [5.41, 5.74) is 0.128. The molecule has 0 N–H and O–H groups in total. The van der Waals surface area contributed by atoms with Gasteiger partial charge in [0.25, 0.3) is 10.2 Å². The van der Waals surface area contributed by atoms with E-state index in [1.165, 1.54) is 4.31 Å². The molecule has 0 bridgehead atoms. The topological polar surface area (TPSA) is 40.6 Å². The molecule has 0 atom stereocenters. The van der Waals surface area contributed by atoms with Gasteiger partial charge in [-0.3, -0.25) is 0 Å². The first-order chi connectivity index (χ1) is 5.76. The number of rotatable bonds is 2. The van der Waals surface area contributed by atoms with E-state index in [1.54, 1.807) is 18.4 Å². The second-order valence-corrected chi connectivity index (χ2v) is 6.68. The van der Waals surface area contributed by atoms with Crippen molar-refractivity contribution in [1.82, 2.24) is 8.61 Å². The van der Waals surface area contributed by atoms with Crippen LogP contribution >= 0.6 is 0 Å². The van der Waals surface area contributed by atoms with Crippen molar-refractivity contribution in [2.45, 2.75) is 20.3 Å². The molecule has 1 aliphatic heterocycles. The summed E-state index contributed by atoms with van der Waals surface area (Å²) in [6.45, 7) is 5.47. The third-order valence-corrected chi connectivity index (χ3v) is 4.32. The van der Waals surface area contributed by atoms with Crippen LogP contribution in [-0.2, 0) is 10.2 Å². The van der Waals surface area contributed by atoms with Crippen molar-refractivity contribution >= 4 is 10.2 Å². The van der Waals surface area contributed by atoms with Crippen LogP contribution in [-0.4, -0.2) is 44.2 Å². The molecule has 0 aromatic carbocycles. The molecule has 0 radical (unpaired) electrons. The van der Waals surface area contributed by atoms with Crippen molar-refractivity contribution < 1.29 is 8.42 Å². The molecule has 0 saturated carbocycles. The third-order valence-electron chi connectivity index (χ3n) is 2.43. The zero-order valence-corrected chi connectivity index (χ0v) is 9.56. The first kappa shape index (κ1) is 10.9. The lowest BCUT2D eigenvalue weighted by Gasteiger charge is -2.22. The Morgan fingerprint density at radius 2 is 1.85 bits per heavy atom. The summed E-state index contributed by atoms with van der Waals surface area (Å²) in [6, 6.07) is 0. The van der Waals surface area contributed by atoms with Crippen LogP contribution in [0.3, 0.4) is 0 Å². The maximum Gasteiger partial charge on any atom is 0.281 e. The standard InChI is InChI=1S/C8H18N2O2S/c1-8(2)5-6-10(7-8)13(11,12)9(3)4/h5-7H2,1-4H3. The number of nitrogens with zero attached hydrogens (tertiary/aromatic N) is 2. The molecule has 0 amide bonds. The van der Waals surface area contributed by atoms with Gasteiger partial charge in [-0.25, -0.2) is 0 Å². The average molecular weight is 206 g/mol. The van der Waals surface area contributed by atoms with Gasteiger partial charge in [-0.05, 0) is 11.8 Å². The highest BCUT2D eigenvalue weighted by atomic mass is 32.2. The highest BCUT2D eigenvalue weighted by molar-refractivity contribution is 7.86. The minimum atomic E-state index is -3.18. The van der Waals surface area contributed by atoms with Crippen molar-refractivity contribution in [2.24, 2.45) is 5.41 Å². The van der Waals surface area contributed by atoms with Crippen molar-refractivity contribution in [3.05, 3.63) is 0 Å². The Labute approximate surface area is 80.7 Å². The summed E-state index contributed by atoms with van der Waals surface area (Å²) in [6.07, 6.45) is 0.945. The summed E-state index contributed by atoms with van der Waals surface area (Å²) in [5, 5.41) is 0. The van der Waals surface area contributed by atoms with Crippen molar-refractivity contribution in [3.63, 3.8) is 0 Å². The quantitative estimate of drug-likeness (QED) is 0.661. The van der Waals surface area contributed by atoms with Gasteiger partial charge in [0.05, 0.1) is 0 Å². The van der Waals surface area contributed by atoms with E-state index in [0.29, 0.717) is 13.1 Å². The lowest BCUT2D eigenvalue weighted by atomic mass is 9.93. The molecule has 0 spiro atoms. The molecule has 1 rings (SSSR count). The van der Waals surface area contributed by atoms with Crippen LogP contribution in [0.1, 0.15) is 20.3 Å². The molecular weight excluding hydrogens is 188 g/mol. The molecule has 78 valence electrons. The van der Waals surface area contributed by atoms with Gasteiger partial charge in [0.2, 0.25) is 0 Å². The molecular formula is C8H18N2O2S. The van der Waals surface area contributed by atoms with Gasteiger partial charge in [0.1, 0.15) is 0 Å². The van der Waals surface area contributed by atoms with Crippen molar-refractivity contribution in [1.29, 1.82) is 0 Å². The van der Waals surface area contributed by atoms with Crippen LogP contribution < -0.4 is 0 Å². The van der Waals surface area contributed by atoms with E-state index in [9.17, 15) is 8.42 Å². The highest BCUT2D eigenvalue weighted by Crippen LogP contribution is 2.30. The van der Waals surface area contributed by atoms with Gasteiger partial charge in [0, 0.05) is 27.2 Å². The maximum atomic E-state index is 11.7. The Morgan fingerprint density at radius 1 is 1.31 bits per heavy atom. The van der Waals surface area contributed by atoms with E-state index in [0.717, 1.165) is 6.42 Å². The molecule has 13 heavy (non-hydrogen) atoms. The van der Waals surface area contributed by atoms with Crippen molar-refractivity contribution in [2.75, 3.05) is 27.2 Å². The Kier molecular flexibility index (Phi) is 2.71. The molecule has 4 nitrogen and oxygen atoms in total. The predicted molar refractivity (Wildman–Crippen MR) is 52.6 cm³/mol. The fourth-order valence-electron chi connectivity index (χ4n) is 1.49. The zero-order chi connectivity index (χ0) is 10.3. The fourth-order valence-corrected chi connectivity index (χ4v) is 2.79. The fraction of sp³-hybridized carbons (Fsp3) is 1.00. The van der Waals surface area contributed by atoms with Gasteiger partial charge < -0.3 is 0 Å². The Hall–Kier alpha value is -0.130. The number of hydrogen-bond donors (Lipinski definition) is 0. The van der Waals surface area contributed by atoms with Crippen LogP contribution in [0.2, 0.25) is 0 Å². The van der Waals surface area contributed by atoms with E-state index < -0.39 is 10.2 Å². The second-order valence-electron chi connectivity index (χ2n) is 4.54. The summed E-state index contributed by atoms with van der Waals surface area (Å²) in [4.78, 5) is 0. The molecule has 1 heterocycles. The smallest absolute Gasteiger partial charge is 0.195 e. The Morgan fingerprint density at radius 3 is 2.15 bits per heavy atom. The van der Waals surface area contributed by atoms with Gasteiger partial charge in [-0.15, -0.1) is 0 Å². The highest BCUT2D eigenvalue weighted by Gasteiger charge is 2.36. The summed E-state index contributed by atoms with van der Waals surface area (Å²) in [5.74, 6) is 0. The predicted octanol–water partition coefficient (Wildman–Crippen LogP) is 0.525. The second kappa shape index (κ2) is 3.22. The largest absolute Gasteiger partial charge is 0.281 e. The SMILES string of the molecule is CN(C)S(=O)(=O)N1CCC(C)(C)C1. The van der Waals surface area contributed by atoms with Crippen LogP contribution in [0.15, 0.2) is 0 Å². The molecule has 0 unspecified atom stereocenters. The lowest BCUT2D eigenvalue weighted by Crippen LogP contribution is -2.39. The molecule has 5 heteroatoms. The summed E-state index contributed by atoms with van der Waals surface area (Å²) >= 11 is 0. The van der Waals surface area contributed by atoms with E-state index in [4.69, 9.17) is 0 Å². The maximum absolute atomic E-state index is 11.7. The van der Waals surface area contributed by atoms with Gasteiger partial charge in [-0.2, -0.15) is 17.0 Å². The number of hydrogen-bond acceptors (Lipinski definition) is 2. The van der Waals surface area contributed by atoms with Gasteiger partial charge in [-0.1, -0.05) is 13.8 Å². The van der Waals surface area contributed by atoms with Crippen LogP contribution in [0, 0.1) is 5.41 Å².